The molecule has 0 saturated carbocycles. The van der Waals surface area contributed by atoms with Gasteiger partial charge in [-0.3, -0.25) is 14.4 Å². The van der Waals surface area contributed by atoms with Crippen LogP contribution in [0.25, 0.3) is 0 Å². The van der Waals surface area contributed by atoms with Crippen LogP contribution in [0.5, 0.6) is 0 Å². The van der Waals surface area contributed by atoms with Crippen LogP contribution in [0.4, 0.5) is 0 Å². The summed E-state index contributed by atoms with van der Waals surface area (Å²) in [6.07, 6.45) is 97.6. The van der Waals surface area contributed by atoms with E-state index in [1.165, 1.54) is 135 Å². The molecule has 0 amide bonds. The van der Waals surface area contributed by atoms with E-state index in [0.29, 0.717) is 19.3 Å². The minimum Gasteiger partial charge on any atom is -0.462 e. The van der Waals surface area contributed by atoms with Crippen LogP contribution in [-0.2, 0) is 28.6 Å². The molecule has 0 bridgehead atoms. The van der Waals surface area contributed by atoms with Gasteiger partial charge in [0.05, 0.1) is 0 Å². The number of hydrogen-bond acceptors (Lipinski definition) is 6. The molecule has 0 aliphatic heterocycles. The van der Waals surface area contributed by atoms with Crippen LogP contribution in [0.1, 0.15) is 310 Å². The molecule has 6 heteroatoms. The van der Waals surface area contributed by atoms with Crippen molar-refractivity contribution in [2.75, 3.05) is 13.2 Å². The zero-order chi connectivity index (χ0) is 59.2. The maximum atomic E-state index is 12.9. The highest BCUT2D eigenvalue weighted by Crippen LogP contribution is 2.16. The van der Waals surface area contributed by atoms with Gasteiger partial charge >= 0.3 is 17.9 Å². The fraction of sp³-hybridized carbons (Fsp3) is 0.671. The molecule has 466 valence electrons. The Balaban J connectivity index is 4.20. The van der Waals surface area contributed by atoms with Gasteiger partial charge in [0.1, 0.15) is 13.2 Å². The predicted octanol–water partition coefficient (Wildman–Crippen LogP) is 23.7. The van der Waals surface area contributed by atoms with Crippen LogP contribution in [0, 0.1) is 0 Å². The van der Waals surface area contributed by atoms with E-state index in [1.807, 2.05) is 0 Å². The summed E-state index contributed by atoms with van der Waals surface area (Å²) in [6, 6.07) is 0. The van der Waals surface area contributed by atoms with E-state index in [2.05, 4.69) is 154 Å². The Kier molecular flexibility index (Phi) is 65.3. The standard InChI is InChI=1S/C76H126O6/c1-4-7-10-13-16-19-22-25-27-29-30-31-32-33-34-35-36-37-38-39-40-41-42-43-44-45-46-48-49-51-54-57-60-63-66-69-75(78)81-72-73(71-80-74(77)68-65-62-59-56-53-24-21-18-15-12-9-6-3)82-76(79)70-67-64-61-58-55-52-50-47-28-26-23-20-17-14-11-8-5-2/h7-8,10-11,16-21,25-28,30-31,33-34,36-37,39-40,73H,4-6,9,12-15,22-24,29,32,35,38,41-72H2,1-3H3/b10-7-,11-8-,19-16-,20-17-,21-18-,27-25-,28-26-,31-30-,34-33-,37-36-,40-39-. The molecule has 0 aromatic rings. The quantitative estimate of drug-likeness (QED) is 0.0261. The smallest absolute Gasteiger partial charge is 0.306 e. The van der Waals surface area contributed by atoms with E-state index in [1.54, 1.807) is 0 Å². The molecule has 0 aromatic carbocycles. The Labute approximate surface area is 506 Å². The van der Waals surface area contributed by atoms with Crippen molar-refractivity contribution in [2.24, 2.45) is 0 Å². The lowest BCUT2D eigenvalue weighted by Gasteiger charge is -2.18. The molecule has 0 heterocycles. The molecule has 1 atom stereocenters. The number of rotatable bonds is 61. The summed E-state index contributed by atoms with van der Waals surface area (Å²) < 4.78 is 16.9. The van der Waals surface area contributed by atoms with E-state index in [0.717, 1.165) is 135 Å². The van der Waals surface area contributed by atoms with Gasteiger partial charge in [-0.05, 0) is 135 Å². The zero-order valence-corrected chi connectivity index (χ0v) is 53.5. The highest BCUT2D eigenvalue weighted by molar-refractivity contribution is 5.71. The minimum absolute atomic E-state index is 0.0862. The van der Waals surface area contributed by atoms with Crippen molar-refractivity contribution in [3.05, 3.63) is 134 Å². The fourth-order valence-corrected chi connectivity index (χ4v) is 9.32. The summed E-state index contributed by atoms with van der Waals surface area (Å²) in [7, 11) is 0. The molecule has 0 aromatic heterocycles. The molecule has 0 N–H and O–H groups in total. The molecule has 0 fully saturated rings. The normalized spacial score (nSPS) is 13.0. The third-order valence-corrected chi connectivity index (χ3v) is 14.4. The van der Waals surface area contributed by atoms with Gasteiger partial charge in [-0.25, -0.2) is 0 Å². The first-order valence-electron chi connectivity index (χ1n) is 34.2. The van der Waals surface area contributed by atoms with Crippen molar-refractivity contribution in [2.45, 2.75) is 316 Å². The average molecular weight is 1140 g/mol. The Morgan fingerprint density at radius 1 is 0.256 bits per heavy atom. The first kappa shape index (κ1) is 77.5. The number of esters is 3. The molecular formula is C76H126O6. The van der Waals surface area contributed by atoms with Gasteiger partial charge in [0.2, 0.25) is 0 Å². The first-order valence-corrected chi connectivity index (χ1v) is 34.2. The number of allylic oxidation sites excluding steroid dienone is 22. The molecule has 0 aliphatic rings. The van der Waals surface area contributed by atoms with Gasteiger partial charge in [-0.2, -0.15) is 0 Å². The van der Waals surface area contributed by atoms with E-state index >= 15 is 0 Å². The van der Waals surface area contributed by atoms with E-state index in [-0.39, 0.29) is 31.1 Å². The molecule has 0 rings (SSSR count). The molecule has 0 radical (unpaired) electrons. The van der Waals surface area contributed by atoms with Gasteiger partial charge in [0.25, 0.3) is 0 Å². The van der Waals surface area contributed by atoms with Crippen molar-refractivity contribution in [3.63, 3.8) is 0 Å². The lowest BCUT2D eigenvalue weighted by atomic mass is 10.0. The maximum Gasteiger partial charge on any atom is 0.306 e. The topological polar surface area (TPSA) is 78.9 Å². The van der Waals surface area contributed by atoms with Gasteiger partial charge in [-0.1, -0.05) is 289 Å². The van der Waals surface area contributed by atoms with E-state index in [9.17, 15) is 14.4 Å². The van der Waals surface area contributed by atoms with Gasteiger partial charge < -0.3 is 14.2 Å². The van der Waals surface area contributed by atoms with Gasteiger partial charge in [0.15, 0.2) is 6.10 Å². The molecule has 6 nitrogen and oxygen atoms in total. The zero-order valence-electron chi connectivity index (χ0n) is 53.5. The average Bonchev–Trinajstić information content (AvgIpc) is 3.47. The van der Waals surface area contributed by atoms with Crippen molar-refractivity contribution in [1.29, 1.82) is 0 Å². The van der Waals surface area contributed by atoms with Gasteiger partial charge in [0, 0.05) is 19.3 Å². The molecule has 0 saturated heterocycles. The third kappa shape index (κ3) is 66.4. The van der Waals surface area contributed by atoms with Crippen molar-refractivity contribution < 1.29 is 28.6 Å². The lowest BCUT2D eigenvalue weighted by molar-refractivity contribution is -0.167. The number of carbonyl (C=O) groups excluding carboxylic acids is 3. The molecule has 0 spiro atoms. The maximum absolute atomic E-state index is 12.9. The Bertz CT molecular complexity index is 1730. The van der Waals surface area contributed by atoms with Crippen LogP contribution >= 0.6 is 0 Å². The second-order valence-electron chi connectivity index (χ2n) is 22.3. The van der Waals surface area contributed by atoms with E-state index in [4.69, 9.17) is 14.2 Å². The molecule has 1 unspecified atom stereocenters. The van der Waals surface area contributed by atoms with E-state index < -0.39 is 6.10 Å². The largest absolute Gasteiger partial charge is 0.462 e. The Hall–Kier alpha value is -4.45. The number of carbonyl (C=O) groups is 3. The van der Waals surface area contributed by atoms with Crippen molar-refractivity contribution in [3.8, 4) is 0 Å². The number of hydrogen-bond donors (Lipinski definition) is 0. The molecular weight excluding hydrogens is 1010 g/mol. The lowest BCUT2D eigenvalue weighted by Crippen LogP contribution is -2.30. The summed E-state index contributed by atoms with van der Waals surface area (Å²) in [4.78, 5) is 38.3. The summed E-state index contributed by atoms with van der Waals surface area (Å²) in [5.74, 6) is -0.901. The summed E-state index contributed by atoms with van der Waals surface area (Å²) in [5.41, 5.74) is 0. The Morgan fingerprint density at radius 3 is 0.756 bits per heavy atom. The first-order chi connectivity index (χ1) is 40.5. The fourth-order valence-electron chi connectivity index (χ4n) is 9.32. The monoisotopic (exact) mass is 1130 g/mol. The molecule has 82 heavy (non-hydrogen) atoms. The van der Waals surface area contributed by atoms with Crippen molar-refractivity contribution >= 4 is 17.9 Å². The Morgan fingerprint density at radius 2 is 0.476 bits per heavy atom. The van der Waals surface area contributed by atoms with Crippen LogP contribution in [0.2, 0.25) is 0 Å². The SMILES string of the molecule is CC/C=C\C/C=C\C/C=C\C/C=C\C/C=C\C/C=C\C/C=C\CCCCCCCCCCCCCCCC(=O)OCC(COC(=O)CCCCCCC/C=C\CCCCC)OC(=O)CCCCCCCCC/C=C\C/C=C\C/C=C\CC. The van der Waals surface area contributed by atoms with Crippen LogP contribution in [0.15, 0.2) is 134 Å². The van der Waals surface area contributed by atoms with Crippen molar-refractivity contribution in [1.82, 2.24) is 0 Å². The van der Waals surface area contributed by atoms with Crippen LogP contribution < -0.4 is 0 Å². The summed E-state index contributed by atoms with van der Waals surface area (Å²) >= 11 is 0. The minimum atomic E-state index is -0.790. The van der Waals surface area contributed by atoms with Gasteiger partial charge in [-0.15, -0.1) is 0 Å². The number of ether oxygens (including phenoxy) is 3. The molecule has 0 aliphatic carbocycles. The highest BCUT2D eigenvalue weighted by atomic mass is 16.6. The van der Waals surface area contributed by atoms with Crippen LogP contribution in [0.3, 0.4) is 0 Å². The predicted molar refractivity (Wildman–Crippen MR) is 357 cm³/mol. The second kappa shape index (κ2) is 69.0. The third-order valence-electron chi connectivity index (χ3n) is 14.4. The second-order valence-corrected chi connectivity index (χ2v) is 22.3. The van der Waals surface area contributed by atoms with Crippen LogP contribution in [-0.4, -0.2) is 37.2 Å². The number of unbranched alkanes of at least 4 members (excludes halogenated alkanes) is 28. The summed E-state index contributed by atoms with van der Waals surface area (Å²) in [5, 5.41) is 0. The summed E-state index contributed by atoms with van der Waals surface area (Å²) in [6.45, 7) is 6.39. The highest BCUT2D eigenvalue weighted by Gasteiger charge is 2.19.